The van der Waals surface area contributed by atoms with E-state index in [1.54, 1.807) is 0 Å². The number of nitrogens with zero attached hydrogens (tertiary/aromatic N) is 2. The fourth-order valence-electron chi connectivity index (χ4n) is 3.45. The number of anilines is 1. The topological polar surface area (TPSA) is 76.0 Å². The molecule has 1 aromatic heterocycles. The van der Waals surface area contributed by atoms with E-state index in [2.05, 4.69) is 22.5 Å². The third kappa shape index (κ3) is 4.65. The van der Waals surface area contributed by atoms with Crippen molar-refractivity contribution in [1.82, 2.24) is 14.9 Å². The number of hydrogen-bond acceptors (Lipinski definition) is 3. The fourth-order valence-corrected chi connectivity index (χ4v) is 3.45. The first-order valence-corrected chi connectivity index (χ1v) is 10.2. The average Bonchev–Trinajstić information content (AvgIpc) is 3.53. The number of aromatic nitrogens is 2. The summed E-state index contributed by atoms with van der Waals surface area (Å²) in [7, 11) is 0. The van der Waals surface area contributed by atoms with E-state index in [4.69, 9.17) is 0 Å². The number of hydrogen-bond donors (Lipinski definition) is 2. The summed E-state index contributed by atoms with van der Waals surface area (Å²) in [6.07, 6.45) is 3.54. The van der Waals surface area contributed by atoms with E-state index in [1.807, 2.05) is 53.1 Å². The summed E-state index contributed by atoms with van der Waals surface area (Å²) in [5, 5.41) is 5.94. The number of amides is 2. The van der Waals surface area contributed by atoms with Crippen LogP contribution in [0.2, 0.25) is 0 Å². The lowest BCUT2D eigenvalue weighted by molar-refractivity contribution is -0.122. The Hall–Kier alpha value is -3.15. The molecule has 0 unspecified atom stereocenters. The number of aryl methyl sites for hydroxylation is 1. The van der Waals surface area contributed by atoms with E-state index in [0.29, 0.717) is 13.0 Å². The van der Waals surface area contributed by atoms with Crippen molar-refractivity contribution in [3.05, 3.63) is 59.9 Å². The summed E-state index contributed by atoms with van der Waals surface area (Å²) >= 11 is 0. The molecule has 150 valence electrons. The van der Waals surface area contributed by atoms with Gasteiger partial charge in [0.1, 0.15) is 12.4 Å². The lowest BCUT2D eigenvalue weighted by Gasteiger charge is -2.11. The van der Waals surface area contributed by atoms with Crippen LogP contribution >= 0.6 is 0 Å². The van der Waals surface area contributed by atoms with Gasteiger partial charge in [0.15, 0.2) is 0 Å². The molecule has 2 amide bonds. The molecule has 6 heteroatoms. The number of benzene rings is 2. The Morgan fingerprint density at radius 3 is 2.59 bits per heavy atom. The van der Waals surface area contributed by atoms with Gasteiger partial charge in [-0.25, -0.2) is 4.98 Å². The van der Waals surface area contributed by atoms with Crippen LogP contribution in [0.25, 0.3) is 11.0 Å². The number of carbonyl (C=O) groups is 2. The lowest BCUT2D eigenvalue weighted by atomic mass is 10.1. The maximum atomic E-state index is 12.7. The predicted octanol–water partition coefficient (Wildman–Crippen LogP) is 3.31. The smallest absolute Gasteiger partial charge is 0.244 e. The first-order valence-electron chi connectivity index (χ1n) is 10.2. The second kappa shape index (κ2) is 8.47. The second-order valence-electron chi connectivity index (χ2n) is 7.52. The largest absolute Gasteiger partial charge is 0.355 e. The quantitative estimate of drug-likeness (QED) is 0.620. The molecule has 29 heavy (non-hydrogen) atoms. The van der Waals surface area contributed by atoms with Gasteiger partial charge < -0.3 is 15.2 Å². The maximum Gasteiger partial charge on any atom is 0.244 e. The van der Waals surface area contributed by atoms with Crippen molar-refractivity contribution in [1.29, 1.82) is 0 Å². The minimum atomic E-state index is -0.0966. The molecule has 2 N–H and O–H groups in total. The number of imidazole rings is 1. The van der Waals surface area contributed by atoms with Gasteiger partial charge in [0.2, 0.25) is 11.8 Å². The zero-order valence-corrected chi connectivity index (χ0v) is 16.6. The normalized spacial score (nSPS) is 13.4. The zero-order valence-electron chi connectivity index (χ0n) is 16.6. The number of carbonyl (C=O) groups excluding carboxylic acids is 2. The van der Waals surface area contributed by atoms with Gasteiger partial charge in [-0.1, -0.05) is 31.2 Å². The molecule has 6 nitrogen and oxygen atoms in total. The van der Waals surface area contributed by atoms with E-state index in [9.17, 15) is 9.59 Å². The average molecular weight is 390 g/mol. The van der Waals surface area contributed by atoms with E-state index in [-0.39, 0.29) is 24.3 Å². The van der Waals surface area contributed by atoms with Gasteiger partial charge in [0.25, 0.3) is 0 Å². The van der Waals surface area contributed by atoms with Crippen LogP contribution in [0.1, 0.15) is 31.2 Å². The van der Waals surface area contributed by atoms with Crippen molar-refractivity contribution in [3.63, 3.8) is 0 Å². The lowest BCUT2D eigenvalue weighted by Crippen LogP contribution is -2.28. The predicted molar refractivity (Wildman–Crippen MR) is 114 cm³/mol. The molecule has 1 aliphatic rings. The van der Waals surface area contributed by atoms with Crippen molar-refractivity contribution in [3.8, 4) is 0 Å². The van der Waals surface area contributed by atoms with Crippen molar-refractivity contribution in [2.75, 3.05) is 11.9 Å². The highest BCUT2D eigenvalue weighted by Crippen LogP contribution is 2.28. The van der Waals surface area contributed by atoms with Crippen molar-refractivity contribution >= 4 is 28.5 Å². The fraction of sp³-hybridized carbons (Fsp3) is 0.348. The Balaban J connectivity index is 1.46. The molecule has 0 atom stereocenters. The van der Waals surface area contributed by atoms with Crippen molar-refractivity contribution < 1.29 is 9.59 Å². The van der Waals surface area contributed by atoms with Crippen LogP contribution in [0.3, 0.4) is 0 Å². The summed E-state index contributed by atoms with van der Waals surface area (Å²) in [4.78, 5) is 29.2. The third-order valence-electron chi connectivity index (χ3n) is 5.28. The molecule has 0 bridgehead atoms. The zero-order chi connectivity index (χ0) is 20.2. The molecule has 1 heterocycles. The molecule has 0 aliphatic heterocycles. The standard InChI is InChI=1S/C23H26N4O2/c1-2-16-7-11-18(12-8-16)25-22(28)15-27-20-6-4-3-5-19(20)26-21(27)13-14-24-23(29)17-9-10-17/h3-8,11-12,17H,2,9-10,13-15H2,1H3,(H,24,29)(H,25,28). The molecule has 1 saturated carbocycles. The molecule has 0 radical (unpaired) electrons. The number of fused-ring (bicyclic) bond motifs is 1. The molecular formula is C23H26N4O2. The summed E-state index contributed by atoms with van der Waals surface area (Å²) in [5.74, 6) is 1.03. The Morgan fingerprint density at radius 1 is 1.10 bits per heavy atom. The highest BCUT2D eigenvalue weighted by Gasteiger charge is 2.29. The van der Waals surface area contributed by atoms with Gasteiger partial charge >= 0.3 is 0 Å². The van der Waals surface area contributed by atoms with E-state index in [0.717, 1.165) is 41.8 Å². The molecule has 0 saturated heterocycles. The second-order valence-corrected chi connectivity index (χ2v) is 7.52. The molecule has 4 rings (SSSR count). The van der Waals surface area contributed by atoms with Crippen LogP contribution in [0.5, 0.6) is 0 Å². The van der Waals surface area contributed by atoms with Crippen LogP contribution in [-0.4, -0.2) is 27.9 Å². The summed E-state index contributed by atoms with van der Waals surface area (Å²) in [5.41, 5.74) is 3.80. The van der Waals surface area contributed by atoms with Gasteiger partial charge in [-0.2, -0.15) is 0 Å². The Morgan fingerprint density at radius 2 is 1.86 bits per heavy atom. The van der Waals surface area contributed by atoms with Crippen LogP contribution in [0.4, 0.5) is 5.69 Å². The highest BCUT2D eigenvalue weighted by atomic mass is 16.2. The van der Waals surface area contributed by atoms with E-state index in [1.165, 1.54) is 5.56 Å². The van der Waals surface area contributed by atoms with Crippen LogP contribution in [-0.2, 0) is 29.0 Å². The molecule has 2 aromatic carbocycles. The number of rotatable bonds is 8. The van der Waals surface area contributed by atoms with Gasteiger partial charge in [-0.15, -0.1) is 0 Å². The van der Waals surface area contributed by atoms with Crippen LogP contribution in [0, 0.1) is 5.92 Å². The van der Waals surface area contributed by atoms with Crippen molar-refractivity contribution in [2.24, 2.45) is 5.92 Å². The van der Waals surface area contributed by atoms with Gasteiger partial charge in [-0.3, -0.25) is 9.59 Å². The van der Waals surface area contributed by atoms with E-state index < -0.39 is 0 Å². The third-order valence-corrected chi connectivity index (χ3v) is 5.28. The first-order chi connectivity index (χ1) is 14.1. The summed E-state index contributed by atoms with van der Waals surface area (Å²) in [6.45, 7) is 2.81. The number of para-hydroxylation sites is 2. The maximum absolute atomic E-state index is 12.7. The minimum absolute atomic E-state index is 0.0966. The van der Waals surface area contributed by atoms with Gasteiger partial charge in [-0.05, 0) is 49.1 Å². The SMILES string of the molecule is CCc1ccc(NC(=O)Cn2c(CCNC(=O)C3CC3)nc3ccccc32)cc1. The van der Waals surface area contributed by atoms with Gasteiger partial charge in [0, 0.05) is 24.6 Å². The summed E-state index contributed by atoms with van der Waals surface area (Å²) in [6, 6.07) is 15.7. The van der Waals surface area contributed by atoms with Gasteiger partial charge in [0.05, 0.1) is 11.0 Å². The minimum Gasteiger partial charge on any atom is -0.355 e. The first kappa shape index (κ1) is 19.2. The molecule has 1 fully saturated rings. The van der Waals surface area contributed by atoms with E-state index >= 15 is 0 Å². The highest BCUT2D eigenvalue weighted by molar-refractivity contribution is 5.91. The monoisotopic (exact) mass is 390 g/mol. The summed E-state index contributed by atoms with van der Waals surface area (Å²) < 4.78 is 1.94. The molecule has 0 spiro atoms. The van der Waals surface area contributed by atoms with Crippen LogP contribution in [0.15, 0.2) is 48.5 Å². The Labute approximate surface area is 170 Å². The Kier molecular flexibility index (Phi) is 5.60. The molecule has 3 aromatic rings. The Bertz CT molecular complexity index is 1020. The van der Waals surface area contributed by atoms with Crippen molar-refractivity contribution in [2.45, 2.75) is 39.2 Å². The molecular weight excluding hydrogens is 364 g/mol. The molecule has 1 aliphatic carbocycles. The van der Waals surface area contributed by atoms with Crippen LogP contribution < -0.4 is 10.6 Å². The number of nitrogens with one attached hydrogen (secondary N) is 2.